The smallest absolute Gasteiger partial charge is 0.407 e. The fourth-order valence-electron chi connectivity index (χ4n) is 3.31. The van der Waals surface area contributed by atoms with Crippen molar-refractivity contribution in [3.05, 3.63) is 92.4 Å². The van der Waals surface area contributed by atoms with Crippen molar-refractivity contribution in [1.29, 1.82) is 0 Å². The Hall–Kier alpha value is -3.57. The van der Waals surface area contributed by atoms with Crippen LogP contribution in [-0.2, 0) is 34.0 Å². The monoisotopic (exact) mass is 662 g/mol. The topological polar surface area (TPSA) is 116 Å². The number of ether oxygens (including phenoxy) is 3. The minimum atomic E-state index is -1.17. The van der Waals surface area contributed by atoms with Gasteiger partial charge in [-0.25, -0.2) is 9.59 Å². The van der Waals surface area contributed by atoms with Gasteiger partial charge in [0.1, 0.15) is 24.7 Å². The lowest BCUT2D eigenvalue weighted by Crippen LogP contribution is -2.26. The van der Waals surface area contributed by atoms with E-state index in [-0.39, 0.29) is 25.3 Å². The molecule has 0 aliphatic rings. The molecule has 3 aromatic carbocycles. The SMILES string of the molecule is COc1ccc(CO/N=C(\Cc2cc(Br)c(OCCCNC(=O)OCc3ccccc3)c(Br)c2)C(=O)O)cc1. The summed E-state index contributed by atoms with van der Waals surface area (Å²) in [6, 6.07) is 20.2. The molecule has 0 heterocycles. The van der Waals surface area contributed by atoms with Crippen molar-refractivity contribution < 1.29 is 33.7 Å². The Morgan fingerprint density at radius 3 is 2.23 bits per heavy atom. The third-order valence-electron chi connectivity index (χ3n) is 5.29. The zero-order valence-corrected chi connectivity index (χ0v) is 24.4. The Morgan fingerprint density at radius 1 is 0.923 bits per heavy atom. The summed E-state index contributed by atoms with van der Waals surface area (Å²) in [6.45, 7) is 1.06. The highest BCUT2D eigenvalue weighted by molar-refractivity contribution is 9.11. The number of methoxy groups -OCH3 is 1. The van der Waals surface area contributed by atoms with Crippen LogP contribution in [0.5, 0.6) is 11.5 Å². The maximum atomic E-state index is 11.8. The van der Waals surface area contributed by atoms with Gasteiger partial charge in [-0.3, -0.25) is 0 Å². The van der Waals surface area contributed by atoms with Crippen LogP contribution >= 0.6 is 31.9 Å². The highest BCUT2D eigenvalue weighted by atomic mass is 79.9. The lowest BCUT2D eigenvalue weighted by molar-refractivity contribution is -0.129. The molecular weight excluding hydrogens is 636 g/mol. The number of nitrogens with zero attached hydrogens (tertiary/aromatic N) is 1. The summed E-state index contributed by atoms with van der Waals surface area (Å²) in [4.78, 5) is 28.8. The molecule has 0 aromatic heterocycles. The molecule has 0 bridgehead atoms. The van der Waals surface area contributed by atoms with Crippen LogP contribution in [0.2, 0.25) is 0 Å². The van der Waals surface area contributed by atoms with E-state index in [0.717, 1.165) is 11.1 Å². The minimum absolute atomic E-state index is 0.0461. The average Bonchev–Trinajstić information content (AvgIpc) is 2.93. The number of alkyl carbamates (subject to hydrolysis) is 1. The highest BCUT2D eigenvalue weighted by Crippen LogP contribution is 2.35. The van der Waals surface area contributed by atoms with Crippen molar-refractivity contribution in [2.24, 2.45) is 5.16 Å². The van der Waals surface area contributed by atoms with E-state index in [1.165, 1.54) is 0 Å². The van der Waals surface area contributed by atoms with Gasteiger partial charge in [-0.1, -0.05) is 47.6 Å². The molecule has 0 aliphatic heterocycles. The predicted molar refractivity (Wildman–Crippen MR) is 153 cm³/mol. The molecule has 11 heteroatoms. The summed E-state index contributed by atoms with van der Waals surface area (Å²) in [5, 5.41) is 16.1. The number of hydrogen-bond acceptors (Lipinski definition) is 7. The summed E-state index contributed by atoms with van der Waals surface area (Å²) in [6.07, 6.45) is 0.113. The zero-order chi connectivity index (χ0) is 28.0. The summed E-state index contributed by atoms with van der Waals surface area (Å²) >= 11 is 6.96. The van der Waals surface area contributed by atoms with E-state index in [0.29, 0.717) is 45.6 Å². The molecule has 0 radical (unpaired) electrons. The van der Waals surface area contributed by atoms with Gasteiger partial charge < -0.3 is 29.5 Å². The highest BCUT2D eigenvalue weighted by Gasteiger charge is 2.16. The standard InChI is InChI=1S/C28H28Br2N2O7/c1-36-22-10-8-20(9-11-22)18-39-32-25(27(33)34)16-21-14-23(29)26(24(30)15-21)37-13-5-12-31-28(35)38-17-19-6-3-2-4-7-19/h2-4,6-11,14-15H,5,12-13,16-18H2,1H3,(H,31,35)(H,33,34)/b32-25+. The molecule has 2 N–H and O–H groups in total. The van der Waals surface area contributed by atoms with Crippen LogP contribution in [0, 0.1) is 0 Å². The molecule has 0 spiro atoms. The Morgan fingerprint density at radius 2 is 1.59 bits per heavy atom. The van der Waals surface area contributed by atoms with E-state index in [1.807, 2.05) is 42.5 Å². The van der Waals surface area contributed by atoms with E-state index < -0.39 is 12.1 Å². The second-order valence-corrected chi connectivity index (χ2v) is 9.93. The minimum Gasteiger partial charge on any atom is -0.497 e. The van der Waals surface area contributed by atoms with Gasteiger partial charge in [0.15, 0.2) is 5.71 Å². The number of rotatable bonds is 14. The van der Waals surface area contributed by atoms with Crippen molar-refractivity contribution in [1.82, 2.24) is 5.32 Å². The van der Waals surface area contributed by atoms with Gasteiger partial charge in [-0.05, 0) is 79.2 Å². The van der Waals surface area contributed by atoms with Crippen molar-refractivity contribution in [3.63, 3.8) is 0 Å². The number of nitrogens with one attached hydrogen (secondary N) is 1. The van der Waals surface area contributed by atoms with Crippen molar-refractivity contribution in [3.8, 4) is 11.5 Å². The molecule has 3 aromatic rings. The third kappa shape index (κ3) is 10.3. The van der Waals surface area contributed by atoms with Gasteiger partial charge >= 0.3 is 12.1 Å². The molecule has 0 unspecified atom stereocenters. The van der Waals surface area contributed by atoms with Crippen molar-refractivity contribution in [2.75, 3.05) is 20.3 Å². The number of carbonyl (C=O) groups excluding carboxylic acids is 1. The molecule has 0 saturated carbocycles. The second-order valence-electron chi connectivity index (χ2n) is 8.22. The van der Waals surface area contributed by atoms with Crippen molar-refractivity contribution >= 4 is 49.6 Å². The quantitative estimate of drug-likeness (QED) is 0.121. The van der Waals surface area contributed by atoms with Gasteiger partial charge in [0.2, 0.25) is 0 Å². The number of oxime groups is 1. The molecule has 0 fully saturated rings. The maximum Gasteiger partial charge on any atom is 0.407 e. The van der Waals surface area contributed by atoms with Crippen LogP contribution < -0.4 is 14.8 Å². The maximum absolute atomic E-state index is 11.8. The number of hydrogen-bond donors (Lipinski definition) is 2. The molecule has 1 amide bonds. The predicted octanol–water partition coefficient (Wildman–Crippen LogP) is 6.12. The fourth-order valence-corrected chi connectivity index (χ4v) is 4.82. The lowest BCUT2D eigenvalue weighted by Gasteiger charge is -2.13. The van der Waals surface area contributed by atoms with Crippen LogP contribution in [0.15, 0.2) is 80.8 Å². The molecule has 206 valence electrons. The van der Waals surface area contributed by atoms with E-state index >= 15 is 0 Å². The third-order valence-corrected chi connectivity index (χ3v) is 6.47. The molecule has 0 atom stereocenters. The molecule has 0 aliphatic carbocycles. The average molecular weight is 664 g/mol. The number of amides is 1. The van der Waals surface area contributed by atoms with Gasteiger partial charge in [0.25, 0.3) is 0 Å². The summed E-state index contributed by atoms with van der Waals surface area (Å²) in [7, 11) is 1.58. The first-order valence-electron chi connectivity index (χ1n) is 12.0. The van der Waals surface area contributed by atoms with E-state index in [4.69, 9.17) is 19.0 Å². The van der Waals surface area contributed by atoms with Crippen molar-refractivity contribution in [2.45, 2.75) is 26.1 Å². The van der Waals surface area contributed by atoms with Gasteiger partial charge in [-0.15, -0.1) is 0 Å². The molecular formula is C28H28Br2N2O7. The van der Waals surface area contributed by atoms with Gasteiger partial charge in [0.05, 0.1) is 22.7 Å². The Kier molecular flexibility index (Phi) is 12.1. The van der Waals surface area contributed by atoms with Crippen LogP contribution in [0.1, 0.15) is 23.1 Å². The van der Waals surface area contributed by atoms with Gasteiger partial charge in [-0.2, -0.15) is 0 Å². The molecule has 0 saturated heterocycles. The molecule has 9 nitrogen and oxygen atoms in total. The zero-order valence-electron chi connectivity index (χ0n) is 21.2. The summed E-state index contributed by atoms with van der Waals surface area (Å²) < 4.78 is 17.4. The Balaban J connectivity index is 1.45. The summed E-state index contributed by atoms with van der Waals surface area (Å²) in [5.74, 6) is 0.107. The number of aliphatic carboxylic acids is 1. The van der Waals surface area contributed by atoms with E-state index in [9.17, 15) is 14.7 Å². The largest absolute Gasteiger partial charge is 0.497 e. The van der Waals surface area contributed by atoms with E-state index in [1.54, 1.807) is 31.4 Å². The normalized spacial score (nSPS) is 11.0. The number of carbonyl (C=O) groups is 2. The second kappa shape index (κ2) is 15.7. The van der Waals surface area contributed by atoms with E-state index in [2.05, 4.69) is 42.3 Å². The number of carboxylic acid groups (broad SMARTS) is 1. The molecule has 39 heavy (non-hydrogen) atoms. The fraction of sp³-hybridized carbons (Fsp3) is 0.250. The summed E-state index contributed by atoms with van der Waals surface area (Å²) in [5.41, 5.74) is 2.30. The first-order chi connectivity index (χ1) is 18.9. The van der Waals surface area contributed by atoms with Crippen LogP contribution in [0.25, 0.3) is 0 Å². The van der Waals surface area contributed by atoms with Crippen LogP contribution in [0.3, 0.4) is 0 Å². The number of benzene rings is 3. The molecule has 3 rings (SSSR count). The number of carboxylic acids is 1. The lowest BCUT2D eigenvalue weighted by atomic mass is 10.1. The van der Waals surface area contributed by atoms with Gasteiger partial charge in [0, 0.05) is 13.0 Å². The number of halogens is 2. The first-order valence-corrected chi connectivity index (χ1v) is 13.5. The Bertz CT molecular complexity index is 1250. The Labute approximate surface area is 243 Å². The van der Waals surface area contributed by atoms with Crippen LogP contribution in [0.4, 0.5) is 4.79 Å². The van der Waals surface area contributed by atoms with Crippen LogP contribution in [-0.4, -0.2) is 43.1 Å². The first kappa shape index (κ1) is 30.0.